The minimum Gasteiger partial charge on any atom is -0.322 e. The summed E-state index contributed by atoms with van der Waals surface area (Å²) in [6.07, 6.45) is 3.99. The highest BCUT2D eigenvalue weighted by atomic mass is 35.5. The zero-order chi connectivity index (χ0) is 19.5. The van der Waals surface area contributed by atoms with E-state index >= 15 is 0 Å². The molecule has 28 heavy (non-hydrogen) atoms. The lowest BCUT2D eigenvalue weighted by Crippen LogP contribution is -2.12. The van der Waals surface area contributed by atoms with Crippen LogP contribution in [0.4, 0.5) is 5.69 Å². The summed E-state index contributed by atoms with van der Waals surface area (Å²) < 4.78 is 1.17. The number of rotatable bonds is 4. The molecule has 3 nitrogen and oxygen atoms in total. The van der Waals surface area contributed by atoms with E-state index in [1.54, 1.807) is 29.5 Å². The number of nitrogens with one attached hydrogen (secondary N) is 1. The molecule has 0 saturated carbocycles. The minimum absolute atomic E-state index is 0.278. The van der Waals surface area contributed by atoms with Gasteiger partial charge in [-0.1, -0.05) is 53.5 Å². The maximum Gasteiger partial charge on any atom is 0.257 e. The van der Waals surface area contributed by atoms with Gasteiger partial charge in [0.1, 0.15) is 5.01 Å². The number of carbonyl (C=O) groups is 1. The summed E-state index contributed by atoms with van der Waals surface area (Å²) in [5.41, 5.74) is 3.09. The zero-order valence-corrected chi connectivity index (χ0v) is 16.9. The Morgan fingerprint density at radius 1 is 0.964 bits per heavy atom. The molecule has 0 radical (unpaired) electrons. The third kappa shape index (κ3) is 4.25. The van der Waals surface area contributed by atoms with Crippen LogP contribution in [0.1, 0.15) is 20.9 Å². The van der Waals surface area contributed by atoms with Crippen LogP contribution in [0.5, 0.6) is 0 Å². The summed E-state index contributed by atoms with van der Waals surface area (Å²) in [4.78, 5) is 17.0. The van der Waals surface area contributed by atoms with Crippen molar-refractivity contribution in [2.24, 2.45) is 0 Å². The van der Waals surface area contributed by atoms with E-state index in [0.717, 1.165) is 16.1 Å². The molecule has 138 valence electrons. The molecule has 1 heterocycles. The van der Waals surface area contributed by atoms with Crippen LogP contribution in [0.15, 0.2) is 66.7 Å². The first-order valence-corrected chi connectivity index (χ1v) is 10.1. The van der Waals surface area contributed by atoms with Crippen LogP contribution in [-0.4, -0.2) is 10.9 Å². The molecule has 6 heteroatoms. The first-order valence-electron chi connectivity index (χ1n) is 8.48. The van der Waals surface area contributed by atoms with Crippen molar-refractivity contribution in [1.29, 1.82) is 0 Å². The Morgan fingerprint density at radius 2 is 1.75 bits per heavy atom. The van der Waals surface area contributed by atoms with Gasteiger partial charge in [-0.3, -0.25) is 4.79 Å². The number of benzene rings is 3. The summed E-state index contributed by atoms with van der Waals surface area (Å²) in [5.74, 6) is -0.278. The molecule has 3 aromatic carbocycles. The number of fused-ring (bicyclic) bond motifs is 1. The summed E-state index contributed by atoms with van der Waals surface area (Å²) >= 11 is 13.6. The molecule has 4 aromatic rings. The predicted octanol–water partition coefficient (Wildman–Crippen LogP) is 7.03. The number of anilines is 1. The highest BCUT2D eigenvalue weighted by Gasteiger charge is 2.10. The smallest absolute Gasteiger partial charge is 0.257 e. The molecule has 0 aliphatic carbocycles. The van der Waals surface area contributed by atoms with Crippen LogP contribution in [0.2, 0.25) is 10.0 Å². The van der Waals surface area contributed by atoms with Gasteiger partial charge in [0.25, 0.3) is 5.91 Å². The second-order valence-corrected chi connectivity index (χ2v) is 7.96. The Bertz CT molecular complexity index is 1150. The number of hydrogen-bond acceptors (Lipinski definition) is 3. The van der Waals surface area contributed by atoms with E-state index in [0.29, 0.717) is 21.3 Å². The molecule has 0 atom stereocenters. The summed E-state index contributed by atoms with van der Waals surface area (Å²) in [5, 5.41) is 4.60. The van der Waals surface area contributed by atoms with Gasteiger partial charge in [-0.15, -0.1) is 11.3 Å². The van der Waals surface area contributed by atoms with Gasteiger partial charge in [0.05, 0.1) is 20.8 Å². The lowest BCUT2D eigenvalue weighted by molar-refractivity contribution is 0.102. The zero-order valence-electron chi connectivity index (χ0n) is 14.5. The molecule has 4 rings (SSSR count). The Labute approximate surface area is 176 Å². The molecular weight excluding hydrogens is 411 g/mol. The first-order chi connectivity index (χ1) is 13.6. The normalized spacial score (nSPS) is 11.2. The van der Waals surface area contributed by atoms with E-state index in [-0.39, 0.29) is 5.91 Å². The molecule has 0 fully saturated rings. The molecule has 0 saturated heterocycles. The number of para-hydroxylation sites is 1. The summed E-state index contributed by atoms with van der Waals surface area (Å²) in [7, 11) is 0. The lowest BCUT2D eigenvalue weighted by Gasteiger charge is -2.07. The number of halogens is 2. The van der Waals surface area contributed by atoms with Crippen molar-refractivity contribution in [3.63, 3.8) is 0 Å². The summed E-state index contributed by atoms with van der Waals surface area (Å²) in [6, 6.07) is 20.4. The first kappa shape index (κ1) is 18.7. The van der Waals surface area contributed by atoms with Crippen molar-refractivity contribution in [3.8, 4) is 0 Å². The number of aromatic nitrogens is 1. The molecule has 0 bridgehead atoms. The number of nitrogens with zero attached hydrogens (tertiary/aromatic N) is 1. The fourth-order valence-corrected chi connectivity index (χ4v) is 4.04. The molecule has 1 aromatic heterocycles. The Morgan fingerprint density at radius 3 is 2.50 bits per heavy atom. The van der Waals surface area contributed by atoms with E-state index < -0.39 is 0 Å². The molecular formula is C22H14Cl2N2OS. The van der Waals surface area contributed by atoms with E-state index in [1.807, 2.05) is 54.6 Å². The highest BCUT2D eigenvalue weighted by molar-refractivity contribution is 7.19. The van der Waals surface area contributed by atoms with Crippen molar-refractivity contribution in [2.75, 3.05) is 5.32 Å². The predicted molar refractivity (Wildman–Crippen MR) is 119 cm³/mol. The second kappa shape index (κ2) is 8.15. The average Bonchev–Trinajstić information content (AvgIpc) is 3.10. The fraction of sp³-hybridized carbons (Fsp3) is 0. The number of carbonyl (C=O) groups excluding carboxylic acids is 1. The maximum absolute atomic E-state index is 12.4. The summed E-state index contributed by atoms with van der Waals surface area (Å²) in [6.45, 7) is 0. The largest absolute Gasteiger partial charge is 0.322 e. The topological polar surface area (TPSA) is 42.0 Å². The average molecular weight is 425 g/mol. The number of thiazole rings is 1. The standard InChI is InChI=1S/C22H14Cl2N2OS/c23-15-8-11-17(18(24)13-15)22(27)25-16-9-5-14(6-10-16)7-12-21-26-19-3-1-2-4-20(19)28-21/h1-13H,(H,25,27)/b12-7+. The van der Waals surface area contributed by atoms with Crippen LogP contribution in [0, 0.1) is 0 Å². The van der Waals surface area contributed by atoms with Crippen LogP contribution in [0.25, 0.3) is 22.4 Å². The number of amides is 1. The van der Waals surface area contributed by atoms with E-state index in [1.165, 1.54) is 4.70 Å². The van der Waals surface area contributed by atoms with Gasteiger partial charge in [-0.05, 0) is 54.1 Å². The van der Waals surface area contributed by atoms with Crippen LogP contribution < -0.4 is 5.32 Å². The van der Waals surface area contributed by atoms with Gasteiger partial charge >= 0.3 is 0 Å². The molecule has 0 aliphatic heterocycles. The van der Waals surface area contributed by atoms with Gasteiger partial charge in [-0.2, -0.15) is 0 Å². The van der Waals surface area contributed by atoms with Gasteiger partial charge in [0.2, 0.25) is 0 Å². The Kier molecular flexibility index (Phi) is 5.44. The maximum atomic E-state index is 12.4. The van der Waals surface area contributed by atoms with Crippen molar-refractivity contribution >= 4 is 68.5 Å². The Balaban J connectivity index is 1.45. The van der Waals surface area contributed by atoms with Crippen molar-refractivity contribution in [3.05, 3.63) is 92.9 Å². The number of hydrogen-bond donors (Lipinski definition) is 1. The Hall–Kier alpha value is -2.66. The highest BCUT2D eigenvalue weighted by Crippen LogP contribution is 2.24. The molecule has 1 amide bonds. The van der Waals surface area contributed by atoms with Crippen molar-refractivity contribution < 1.29 is 4.79 Å². The van der Waals surface area contributed by atoms with Gasteiger partial charge in [0.15, 0.2) is 0 Å². The third-order valence-electron chi connectivity index (χ3n) is 4.07. The molecule has 1 N–H and O–H groups in total. The van der Waals surface area contributed by atoms with E-state index in [2.05, 4.69) is 16.4 Å². The van der Waals surface area contributed by atoms with Gasteiger partial charge < -0.3 is 5.32 Å². The lowest BCUT2D eigenvalue weighted by atomic mass is 10.1. The molecule has 0 aliphatic rings. The quantitative estimate of drug-likeness (QED) is 0.382. The SMILES string of the molecule is O=C(Nc1ccc(/C=C/c2nc3ccccc3s2)cc1)c1ccc(Cl)cc1Cl. The van der Waals surface area contributed by atoms with Crippen LogP contribution >= 0.6 is 34.5 Å². The van der Waals surface area contributed by atoms with Crippen molar-refractivity contribution in [1.82, 2.24) is 4.98 Å². The van der Waals surface area contributed by atoms with Crippen LogP contribution in [-0.2, 0) is 0 Å². The van der Waals surface area contributed by atoms with E-state index in [9.17, 15) is 4.79 Å². The molecule has 0 spiro atoms. The van der Waals surface area contributed by atoms with Crippen LogP contribution in [0.3, 0.4) is 0 Å². The monoisotopic (exact) mass is 424 g/mol. The van der Waals surface area contributed by atoms with E-state index in [4.69, 9.17) is 23.2 Å². The van der Waals surface area contributed by atoms with Gasteiger partial charge in [-0.25, -0.2) is 4.98 Å². The van der Waals surface area contributed by atoms with Gasteiger partial charge in [0, 0.05) is 10.7 Å². The minimum atomic E-state index is -0.278. The third-order valence-corrected chi connectivity index (χ3v) is 5.62. The second-order valence-electron chi connectivity index (χ2n) is 6.05. The fourth-order valence-electron chi connectivity index (χ4n) is 2.68. The van der Waals surface area contributed by atoms with Crippen molar-refractivity contribution in [2.45, 2.75) is 0 Å². The molecule has 0 unspecified atom stereocenters.